The van der Waals surface area contributed by atoms with Gasteiger partial charge in [0.25, 0.3) is 11.8 Å². The lowest BCUT2D eigenvalue weighted by Gasteiger charge is -2.26. The van der Waals surface area contributed by atoms with Gasteiger partial charge in [-0.05, 0) is 60.9 Å². The minimum atomic E-state index is -1.42. The maximum Gasteiger partial charge on any atom is 0.310 e. The van der Waals surface area contributed by atoms with Gasteiger partial charge < -0.3 is 35.2 Å². The molecule has 0 bridgehead atoms. The van der Waals surface area contributed by atoms with Crippen LogP contribution in [0.4, 0.5) is 15.8 Å². The first-order chi connectivity index (χ1) is 22.9. The first-order valence-corrected chi connectivity index (χ1v) is 15.2. The summed E-state index contributed by atoms with van der Waals surface area (Å²) in [6.45, 7) is 1.72. The lowest BCUT2D eigenvalue weighted by Crippen LogP contribution is -2.55. The van der Waals surface area contributed by atoms with Crippen molar-refractivity contribution in [3.63, 3.8) is 0 Å². The summed E-state index contributed by atoms with van der Waals surface area (Å²) in [6, 6.07) is 13.0. The van der Waals surface area contributed by atoms with Crippen molar-refractivity contribution in [3.05, 3.63) is 88.7 Å². The molecule has 1 unspecified atom stereocenters. The lowest BCUT2D eigenvalue weighted by atomic mass is 10.0. The Morgan fingerprint density at radius 3 is 2.40 bits per heavy atom. The van der Waals surface area contributed by atoms with Crippen molar-refractivity contribution in [1.82, 2.24) is 10.6 Å². The number of phenols is 1. The summed E-state index contributed by atoms with van der Waals surface area (Å²) in [4.78, 5) is 68.4. The molecule has 1 saturated heterocycles. The molecule has 14 heteroatoms. The van der Waals surface area contributed by atoms with Gasteiger partial charge >= 0.3 is 5.97 Å². The average Bonchev–Trinajstić information content (AvgIpc) is 3.36. The molecule has 3 aromatic rings. The van der Waals surface area contributed by atoms with E-state index in [-0.39, 0.29) is 42.1 Å². The number of cyclic esters (lactones) is 1. The number of carbonyl (C=O) groups excluding carboxylic acids is 5. The molecule has 5 rings (SSSR count). The van der Waals surface area contributed by atoms with Gasteiger partial charge in [-0.15, -0.1) is 0 Å². The molecule has 13 nitrogen and oxygen atoms in total. The van der Waals surface area contributed by atoms with E-state index in [4.69, 9.17) is 9.47 Å². The predicted octanol–water partition coefficient (Wildman–Crippen LogP) is 1.98. The van der Waals surface area contributed by atoms with Crippen LogP contribution in [-0.4, -0.2) is 77.9 Å². The van der Waals surface area contributed by atoms with Crippen molar-refractivity contribution in [2.45, 2.75) is 51.7 Å². The summed E-state index contributed by atoms with van der Waals surface area (Å²) < 4.78 is 25.6. The second-order valence-corrected chi connectivity index (χ2v) is 11.6. The van der Waals surface area contributed by atoms with E-state index in [1.165, 1.54) is 18.2 Å². The molecule has 3 atom stereocenters. The van der Waals surface area contributed by atoms with E-state index in [2.05, 4.69) is 10.6 Å². The number of fused-ring (bicyclic) bond motifs is 1. The van der Waals surface area contributed by atoms with Gasteiger partial charge in [0.2, 0.25) is 18.1 Å². The summed E-state index contributed by atoms with van der Waals surface area (Å²) in [6.07, 6.45) is -1.64. The molecular weight excluding hydrogens is 627 g/mol. The van der Waals surface area contributed by atoms with Gasteiger partial charge in [-0.25, -0.2) is 4.39 Å². The molecule has 2 aliphatic rings. The minimum Gasteiger partial charge on any atom is -0.507 e. The number of aliphatic hydroxyl groups is 1. The number of ether oxygens (including phenoxy) is 2. The van der Waals surface area contributed by atoms with Gasteiger partial charge in [-0.2, -0.15) is 0 Å². The van der Waals surface area contributed by atoms with E-state index in [9.17, 15) is 38.6 Å². The van der Waals surface area contributed by atoms with E-state index in [1.807, 2.05) is 30.3 Å². The number of aliphatic hydroxyl groups excluding tert-OH is 1. The van der Waals surface area contributed by atoms with Crippen LogP contribution in [0, 0.1) is 19.7 Å². The molecule has 0 aromatic heterocycles. The Kier molecular flexibility index (Phi) is 10.4. The molecule has 2 heterocycles. The largest absolute Gasteiger partial charge is 0.507 e. The van der Waals surface area contributed by atoms with Crippen LogP contribution in [0.1, 0.15) is 39.9 Å². The summed E-state index contributed by atoms with van der Waals surface area (Å²) in [5, 5.41) is 24.9. The normalized spacial score (nSPS) is 19.0. The number of nitrogens with one attached hydrogen (secondary N) is 2. The first-order valence-electron chi connectivity index (χ1n) is 15.2. The molecule has 3 aromatic carbocycles. The molecule has 0 spiro atoms. The molecule has 4 amide bonds. The van der Waals surface area contributed by atoms with Crippen LogP contribution in [-0.2, 0) is 35.3 Å². The summed E-state index contributed by atoms with van der Waals surface area (Å²) >= 11 is 0. The first kappa shape index (κ1) is 34.0. The molecule has 4 N–H and O–H groups in total. The maximum atomic E-state index is 14.6. The van der Waals surface area contributed by atoms with Crippen molar-refractivity contribution in [3.8, 4) is 5.75 Å². The van der Waals surface area contributed by atoms with Crippen LogP contribution in [0.2, 0.25) is 0 Å². The van der Waals surface area contributed by atoms with Crippen LogP contribution < -0.4 is 20.4 Å². The molecular formula is C34H35FN4O9. The lowest BCUT2D eigenvalue weighted by molar-refractivity contribution is -0.168. The van der Waals surface area contributed by atoms with E-state index in [0.29, 0.717) is 11.1 Å². The summed E-state index contributed by atoms with van der Waals surface area (Å²) in [5.41, 5.74) is 1.75. The minimum absolute atomic E-state index is 0.00605. The molecule has 0 aliphatic carbocycles. The van der Waals surface area contributed by atoms with Crippen LogP contribution in [0.25, 0.3) is 0 Å². The van der Waals surface area contributed by atoms with Gasteiger partial charge in [-0.1, -0.05) is 30.3 Å². The summed E-state index contributed by atoms with van der Waals surface area (Å²) in [5.74, 6) is -4.17. The highest BCUT2D eigenvalue weighted by Crippen LogP contribution is 2.34. The number of aromatic hydroxyl groups is 1. The fourth-order valence-corrected chi connectivity index (χ4v) is 5.63. The second kappa shape index (κ2) is 14.6. The Balaban J connectivity index is 1.42. The van der Waals surface area contributed by atoms with Gasteiger partial charge in [-0.3, -0.25) is 28.9 Å². The molecule has 1 fully saturated rings. The number of esters is 1. The Hall–Kier alpha value is -5.34. The van der Waals surface area contributed by atoms with Crippen molar-refractivity contribution in [1.29, 1.82) is 0 Å². The van der Waals surface area contributed by atoms with Gasteiger partial charge in [0.15, 0.2) is 0 Å². The number of hydrogen-bond acceptors (Lipinski definition) is 9. The van der Waals surface area contributed by atoms with Crippen LogP contribution in [0.15, 0.2) is 60.7 Å². The highest BCUT2D eigenvalue weighted by molar-refractivity contribution is 6.11. The maximum absolute atomic E-state index is 14.6. The van der Waals surface area contributed by atoms with Crippen molar-refractivity contribution in [2.75, 3.05) is 29.5 Å². The van der Waals surface area contributed by atoms with Crippen LogP contribution >= 0.6 is 0 Å². The van der Waals surface area contributed by atoms with Crippen molar-refractivity contribution in [2.24, 2.45) is 0 Å². The Bertz CT molecular complexity index is 1710. The number of anilines is 2. The quantitative estimate of drug-likeness (QED) is 0.237. The Morgan fingerprint density at radius 1 is 1.00 bits per heavy atom. The number of nitrogens with zero attached hydrogens (tertiary/aromatic N) is 2. The Labute approximate surface area is 275 Å². The number of hydrogen-bond donors (Lipinski definition) is 4. The molecule has 2 aliphatic heterocycles. The molecule has 0 radical (unpaired) electrons. The number of amides is 4. The highest BCUT2D eigenvalue weighted by atomic mass is 19.1. The predicted molar refractivity (Wildman–Crippen MR) is 169 cm³/mol. The van der Waals surface area contributed by atoms with Gasteiger partial charge in [0, 0.05) is 5.56 Å². The number of phenolic OH excluding ortho intramolecular Hbond substituents is 1. The third-order valence-electron chi connectivity index (χ3n) is 8.00. The number of rotatable bonds is 10. The SMILES string of the molecule is Cc1cc(C(=O)N[C@H]2CN(C(=O)CCO)c3cc(F)ccc3N(CC(=O)N[C@H]3CC(=O)OC3OCc3ccccc3)C2=O)cc(C)c1O. The standard InChI is InChI=1S/C34H35FN4O9/c1-19-12-22(13-20(2)31(19)44)32(45)37-25-16-38(29(42)10-11-40)27-14-23(35)8-9-26(27)39(33(25)46)17-28(41)36-24-15-30(43)48-34(24)47-18-21-6-4-3-5-7-21/h3-9,12-14,24-25,34,40,44H,10-11,15-18H2,1-2H3,(H,36,41)(H,37,45)/t24-,25-,34?/m0/s1. The number of carbonyl (C=O) groups is 5. The van der Waals surface area contributed by atoms with E-state index >= 15 is 0 Å². The van der Waals surface area contributed by atoms with Crippen molar-refractivity contribution < 1.29 is 48.0 Å². The second-order valence-electron chi connectivity index (χ2n) is 11.6. The highest BCUT2D eigenvalue weighted by Gasteiger charge is 2.40. The molecule has 0 saturated carbocycles. The smallest absolute Gasteiger partial charge is 0.310 e. The Morgan fingerprint density at radius 2 is 1.71 bits per heavy atom. The van der Waals surface area contributed by atoms with Crippen LogP contribution in [0.5, 0.6) is 5.75 Å². The summed E-state index contributed by atoms with van der Waals surface area (Å²) in [7, 11) is 0. The third-order valence-corrected chi connectivity index (χ3v) is 8.00. The zero-order valence-corrected chi connectivity index (χ0v) is 26.3. The number of halogens is 1. The fourth-order valence-electron chi connectivity index (χ4n) is 5.63. The zero-order chi connectivity index (χ0) is 34.5. The monoisotopic (exact) mass is 662 g/mol. The van der Waals surface area contributed by atoms with E-state index in [1.54, 1.807) is 13.8 Å². The van der Waals surface area contributed by atoms with Crippen molar-refractivity contribution >= 4 is 41.0 Å². The topological polar surface area (TPSA) is 175 Å². The number of aryl methyl sites for hydroxylation is 2. The van der Waals surface area contributed by atoms with E-state index in [0.717, 1.165) is 27.5 Å². The average molecular weight is 663 g/mol. The van der Waals surface area contributed by atoms with Crippen LogP contribution in [0.3, 0.4) is 0 Å². The van der Waals surface area contributed by atoms with E-state index < -0.39 is 73.5 Å². The number of benzene rings is 3. The third kappa shape index (κ3) is 7.61. The van der Waals surface area contributed by atoms with Gasteiger partial charge in [0.1, 0.15) is 30.2 Å². The zero-order valence-electron chi connectivity index (χ0n) is 26.3. The molecule has 252 valence electrons. The van der Waals surface area contributed by atoms with Gasteiger partial charge in [0.05, 0.1) is 44.0 Å². The fraction of sp³-hybridized carbons (Fsp3) is 0.324. The molecule has 48 heavy (non-hydrogen) atoms.